The number of carboxylic acid groups (broad SMARTS) is 1. The van der Waals surface area contributed by atoms with Crippen LogP contribution in [0, 0.1) is 5.92 Å². The number of carboxylic acids is 1. The average Bonchev–Trinajstić information content (AvgIpc) is 3.39. The third kappa shape index (κ3) is 5.89. The van der Waals surface area contributed by atoms with Crippen LogP contribution in [0.25, 0.3) is 0 Å². The third-order valence-electron chi connectivity index (χ3n) is 5.23. The number of aromatic nitrogens is 1. The van der Waals surface area contributed by atoms with Crippen LogP contribution in [0.1, 0.15) is 31.4 Å². The maximum absolute atomic E-state index is 10.6. The average molecular weight is 402 g/mol. The Balaban J connectivity index is 0.000000279. The van der Waals surface area contributed by atoms with E-state index in [9.17, 15) is 13.2 Å². The smallest absolute Gasteiger partial charge is 0.475 e. The zero-order valence-corrected chi connectivity index (χ0v) is 15.5. The number of pyridine rings is 1. The summed E-state index contributed by atoms with van der Waals surface area (Å²) in [6, 6.07) is 6.66. The number of nitrogens with zero attached hydrogens (tertiary/aromatic N) is 2. The van der Waals surface area contributed by atoms with Gasteiger partial charge in [0, 0.05) is 31.9 Å². The van der Waals surface area contributed by atoms with E-state index in [0.717, 1.165) is 44.3 Å². The van der Waals surface area contributed by atoms with Crippen molar-refractivity contribution in [3.05, 3.63) is 30.1 Å². The lowest BCUT2D eigenvalue weighted by molar-refractivity contribution is -0.192. The van der Waals surface area contributed by atoms with Gasteiger partial charge in [-0.05, 0) is 43.7 Å². The highest BCUT2D eigenvalue weighted by Gasteiger charge is 2.43. The van der Waals surface area contributed by atoms with Crippen LogP contribution in [0.2, 0.25) is 0 Å². The van der Waals surface area contributed by atoms with Gasteiger partial charge in [0.2, 0.25) is 0 Å². The predicted molar refractivity (Wildman–Crippen MR) is 93.6 cm³/mol. The Morgan fingerprint density at radius 2 is 2.04 bits per heavy atom. The van der Waals surface area contributed by atoms with Crippen LogP contribution in [0.15, 0.2) is 24.4 Å². The van der Waals surface area contributed by atoms with Crippen molar-refractivity contribution in [1.29, 1.82) is 0 Å². The summed E-state index contributed by atoms with van der Waals surface area (Å²) >= 11 is 0. The molecule has 3 fully saturated rings. The summed E-state index contributed by atoms with van der Waals surface area (Å²) in [5.41, 5.74) is 1.15. The van der Waals surface area contributed by atoms with Crippen LogP contribution in [0.3, 0.4) is 0 Å². The number of aliphatic carboxylic acids is 1. The second-order valence-electron chi connectivity index (χ2n) is 7.39. The standard InChI is InChI=1S/C17H24N2O2.C2HF3O2/c1-2-8-18-14(3-1)11-19-9-10-20-17-15(19)6-7-16(17)21-12-13-4-5-13;3-2(4,5)1(6)7/h1-3,8,13,15-17H,4-7,9-12H2;(H,6,7)/t15-,16+,17+;/m0./s1. The summed E-state index contributed by atoms with van der Waals surface area (Å²) in [4.78, 5) is 15.9. The quantitative estimate of drug-likeness (QED) is 0.817. The summed E-state index contributed by atoms with van der Waals surface area (Å²) in [5.74, 6) is -1.93. The van der Waals surface area contributed by atoms with E-state index in [4.69, 9.17) is 19.4 Å². The molecule has 1 N–H and O–H groups in total. The number of alkyl halides is 3. The van der Waals surface area contributed by atoms with Crippen LogP contribution < -0.4 is 0 Å². The van der Waals surface area contributed by atoms with Crippen LogP contribution in [0.5, 0.6) is 0 Å². The lowest BCUT2D eigenvalue weighted by Gasteiger charge is -2.38. The van der Waals surface area contributed by atoms with E-state index in [1.807, 2.05) is 12.3 Å². The Morgan fingerprint density at radius 3 is 2.64 bits per heavy atom. The molecule has 3 atom stereocenters. The number of halogens is 3. The van der Waals surface area contributed by atoms with E-state index < -0.39 is 12.1 Å². The first-order valence-electron chi connectivity index (χ1n) is 9.52. The molecule has 0 spiro atoms. The summed E-state index contributed by atoms with van der Waals surface area (Å²) in [5, 5.41) is 7.12. The van der Waals surface area contributed by atoms with Gasteiger partial charge in [-0.25, -0.2) is 4.79 Å². The summed E-state index contributed by atoms with van der Waals surface area (Å²) < 4.78 is 43.9. The van der Waals surface area contributed by atoms with Crippen LogP contribution >= 0.6 is 0 Å². The predicted octanol–water partition coefficient (Wildman–Crippen LogP) is 2.87. The number of carbonyl (C=O) groups is 1. The molecule has 4 rings (SSSR count). The van der Waals surface area contributed by atoms with Crippen molar-refractivity contribution < 1.29 is 32.5 Å². The first kappa shape index (κ1) is 21.0. The first-order chi connectivity index (χ1) is 13.3. The molecule has 6 nitrogen and oxygen atoms in total. The van der Waals surface area contributed by atoms with Gasteiger partial charge in [-0.3, -0.25) is 9.88 Å². The minimum atomic E-state index is -5.08. The van der Waals surface area contributed by atoms with Gasteiger partial charge in [0.1, 0.15) is 0 Å². The van der Waals surface area contributed by atoms with Crippen LogP contribution in [-0.2, 0) is 20.8 Å². The molecule has 1 aromatic heterocycles. The largest absolute Gasteiger partial charge is 0.490 e. The van der Waals surface area contributed by atoms with Gasteiger partial charge in [-0.1, -0.05) is 6.07 Å². The van der Waals surface area contributed by atoms with E-state index in [-0.39, 0.29) is 6.10 Å². The maximum atomic E-state index is 10.6. The van der Waals surface area contributed by atoms with Crippen molar-refractivity contribution in [2.45, 2.75) is 56.7 Å². The molecule has 1 saturated heterocycles. The molecule has 0 bridgehead atoms. The van der Waals surface area contributed by atoms with Crippen molar-refractivity contribution in [2.24, 2.45) is 5.92 Å². The van der Waals surface area contributed by atoms with Crippen molar-refractivity contribution in [2.75, 3.05) is 19.8 Å². The summed E-state index contributed by atoms with van der Waals surface area (Å²) in [6.45, 7) is 3.70. The Morgan fingerprint density at radius 1 is 1.29 bits per heavy atom. The second kappa shape index (κ2) is 9.19. The fourth-order valence-corrected chi connectivity index (χ4v) is 3.61. The number of hydrogen-bond donors (Lipinski definition) is 1. The number of morpholine rings is 1. The van der Waals surface area contributed by atoms with Gasteiger partial charge >= 0.3 is 12.1 Å². The molecule has 2 saturated carbocycles. The minimum Gasteiger partial charge on any atom is -0.475 e. The highest BCUT2D eigenvalue weighted by atomic mass is 19.4. The molecule has 0 unspecified atom stereocenters. The van der Waals surface area contributed by atoms with Gasteiger partial charge in [0.15, 0.2) is 0 Å². The van der Waals surface area contributed by atoms with Gasteiger partial charge in [0.25, 0.3) is 0 Å². The second-order valence-corrected chi connectivity index (χ2v) is 7.39. The van der Waals surface area contributed by atoms with E-state index >= 15 is 0 Å². The topological polar surface area (TPSA) is 71.9 Å². The summed E-state index contributed by atoms with van der Waals surface area (Å²) in [6.07, 6.45) is 2.40. The zero-order chi connectivity index (χ0) is 20.1. The van der Waals surface area contributed by atoms with E-state index in [2.05, 4.69) is 22.0 Å². The van der Waals surface area contributed by atoms with Crippen molar-refractivity contribution >= 4 is 5.97 Å². The molecule has 2 aliphatic carbocycles. The molecule has 3 aliphatic rings. The highest BCUT2D eigenvalue weighted by molar-refractivity contribution is 5.73. The van der Waals surface area contributed by atoms with Crippen molar-refractivity contribution in [3.63, 3.8) is 0 Å². The molecule has 2 heterocycles. The minimum absolute atomic E-state index is 0.265. The SMILES string of the molecule is O=C(O)C(F)(F)F.c1ccc(CN2CCO[C@H]3[C@H](OCC4CC4)CC[C@@H]32)nc1. The maximum Gasteiger partial charge on any atom is 0.490 e. The first-order valence-corrected chi connectivity index (χ1v) is 9.52. The van der Waals surface area contributed by atoms with E-state index in [0.29, 0.717) is 12.1 Å². The van der Waals surface area contributed by atoms with E-state index in [1.165, 1.54) is 19.3 Å². The molecule has 0 radical (unpaired) electrons. The number of rotatable bonds is 5. The molecule has 0 aromatic carbocycles. The molecule has 156 valence electrons. The normalized spacial score (nSPS) is 27.6. The zero-order valence-electron chi connectivity index (χ0n) is 15.5. The molecular weight excluding hydrogens is 377 g/mol. The van der Waals surface area contributed by atoms with Crippen LogP contribution in [0.4, 0.5) is 13.2 Å². The molecule has 1 aromatic rings. The van der Waals surface area contributed by atoms with Gasteiger partial charge in [0.05, 0.1) is 24.5 Å². The lowest BCUT2D eigenvalue weighted by atomic mass is 10.1. The number of ether oxygens (including phenoxy) is 2. The van der Waals surface area contributed by atoms with E-state index in [1.54, 1.807) is 0 Å². The molecule has 1 aliphatic heterocycles. The fourth-order valence-electron chi connectivity index (χ4n) is 3.61. The Labute approximate surface area is 161 Å². The Hall–Kier alpha value is -1.71. The summed E-state index contributed by atoms with van der Waals surface area (Å²) in [7, 11) is 0. The van der Waals surface area contributed by atoms with Gasteiger partial charge in [-0.2, -0.15) is 13.2 Å². The molecular formula is C19H25F3N2O4. The Kier molecular flexibility index (Phi) is 6.90. The van der Waals surface area contributed by atoms with Gasteiger partial charge < -0.3 is 14.6 Å². The van der Waals surface area contributed by atoms with Crippen molar-refractivity contribution in [3.8, 4) is 0 Å². The van der Waals surface area contributed by atoms with Crippen LogP contribution in [-0.4, -0.2) is 65.1 Å². The Bertz CT molecular complexity index is 640. The number of hydrogen-bond acceptors (Lipinski definition) is 5. The molecule has 0 amide bonds. The molecule has 9 heteroatoms. The monoisotopic (exact) mass is 402 g/mol. The third-order valence-corrected chi connectivity index (χ3v) is 5.23. The lowest BCUT2D eigenvalue weighted by Crippen LogP contribution is -2.51. The fraction of sp³-hybridized carbons (Fsp3) is 0.684. The van der Waals surface area contributed by atoms with Gasteiger partial charge in [-0.15, -0.1) is 0 Å². The molecule has 28 heavy (non-hydrogen) atoms. The van der Waals surface area contributed by atoms with Crippen molar-refractivity contribution in [1.82, 2.24) is 9.88 Å². The number of fused-ring (bicyclic) bond motifs is 1. The highest BCUT2D eigenvalue weighted by Crippen LogP contribution is 2.35.